The first-order valence-electron chi connectivity index (χ1n) is 7.13. The van der Waals surface area contributed by atoms with Crippen molar-refractivity contribution in [3.63, 3.8) is 0 Å². The van der Waals surface area contributed by atoms with E-state index in [1.807, 2.05) is 18.4 Å². The Morgan fingerprint density at radius 1 is 1.32 bits per heavy atom. The second-order valence-corrected chi connectivity index (χ2v) is 9.10. The van der Waals surface area contributed by atoms with Gasteiger partial charge in [-0.2, -0.15) is 4.72 Å². The number of sulfonamides is 1. The number of nitrogens with one attached hydrogen (secondary N) is 1. The van der Waals surface area contributed by atoms with Gasteiger partial charge in [-0.05, 0) is 38.0 Å². The lowest BCUT2D eigenvalue weighted by molar-refractivity contribution is 0.402. The minimum Gasteiger partial charge on any atom is -0.245 e. The predicted molar refractivity (Wildman–Crippen MR) is 91.5 cm³/mol. The van der Waals surface area contributed by atoms with E-state index >= 15 is 0 Å². The van der Waals surface area contributed by atoms with E-state index in [0.29, 0.717) is 0 Å². The molecule has 2 aromatic rings. The minimum absolute atomic E-state index is 0.279. The number of nitrogens with zero attached hydrogens (tertiary/aromatic N) is 1. The summed E-state index contributed by atoms with van der Waals surface area (Å²) >= 11 is 4.86. The van der Waals surface area contributed by atoms with Gasteiger partial charge in [0.15, 0.2) is 0 Å². The molecule has 0 spiro atoms. The van der Waals surface area contributed by atoms with E-state index in [0.717, 1.165) is 40.9 Å². The number of benzene rings is 1. The van der Waals surface area contributed by atoms with Crippen molar-refractivity contribution in [1.29, 1.82) is 0 Å². The van der Waals surface area contributed by atoms with Gasteiger partial charge in [-0.1, -0.05) is 34.8 Å². The topological polar surface area (TPSA) is 59.1 Å². The lowest BCUT2D eigenvalue weighted by atomic mass is 10.0. The number of hydrogen-bond donors (Lipinski definition) is 1. The van der Waals surface area contributed by atoms with E-state index < -0.39 is 15.6 Å². The van der Waals surface area contributed by atoms with Gasteiger partial charge in [-0.15, -0.1) is 11.3 Å². The average molecular weight is 401 g/mol. The van der Waals surface area contributed by atoms with Gasteiger partial charge in [0.05, 0.1) is 10.4 Å². The Morgan fingerprint density at radius 2 is 2.05 bits per heavy atom. The van der Waals surface area contributed by atoms with E-state index in [2.05, 4.69) is 25.6 Å². The molecule has 1 N–H and O–H groups in total. The number of thiazole rings is 1. The molecular weight excluding hydrogens is 384 g/mol. The van der Waals surface area contributed by atoms with Gasteiger partial charge in [-0.3, -0.25) is 0 Å². The van der Waals surface area contributed by atoms with Crippen molar-refractivity contribution < 1.29 is 8.42 Å². The monoisotopic (exact) mass is 400 g/mol. The molecule has 0 bridgehead atoms. The van der Waals surface area contributed by atoms with Crippen LogP contribution in [0.4, 0.5) is 0 Å². The third kappa shape index (κ3) is 3.13. The van der Waals surface area contributed by atoms with Crippen LogP contribution < -0.4 is 4.72 Å². The molecule has 0 unspecified atom stereocenters. The minimum atomic E-state index is -3.58. The summed E-state index contributed by atoms with van der Waals surface area (Å²) in [6.45, 7) is 1.94. The maximum atomic E-state index is 12.8. The van der Waals surface area contributed by atoms with Crippen molar-refractivity contribution in [2.75, 3.05) is 0 Å². The van der Waals surface area contributed by atoms with E-state index in [9.17, 15) is 8.42 Å². The second kappa shape index (κ2) is 6.03. The fraction of sp³-hybridized carbons (Fsp3) is 0.400. The smallest absolute Gasteiger partial charge is 0.241 e. The maximum absolute atomic E-state index is 12.8. The summed E-state index contributed by atoms with van der Waals surface area (Å²) in [5.41, 5.74) is 0.382. The largest absolute Gasteiger partial charge is 0.245 e. The molecule has 1 saturated carbocycles. The molecule has 0 radical (unpaired) electrons. The van der Waals surface area contributed by atoms with Crippen LogP contribution in [-0.2, 0) is 15.6 Å². The molecule has 118 valence electrons. The number of halogens is 1. The highest BCUT2D eigenvalue weighted by molar-refractivity contribution is 9.10. The van der Waals surface area contributed by atoms with Crippen LogP contribution in [0.15, 0.2) is 39.0 Å². The molecule has 3 rings (SSSR count). The van der Waals surface area contributed by atoms with Gasteiger partial charge in [0.2, 0.25) is 10.0 Å². The lowest BCUT2D eigenvalue weighted by Gasteiger charge is -2.27. The molecule has 1 heterocycles. The summed E-state index contributed by atoms with van der Waals surface area (Å²) in [6, 6.07) is 6.78. The van der Waals surface area contributed by atoms with Crippen molar-refractivity contribution in [3.05, 3.63) is 44.8 Å². The van der Waals surface area contributed by atoms with Gasteiger partial charge in [0, 0.05) is 15.5 Å². The van der Waals surface area contributed by atoms with Crippen LogP contribution >= 0.6 is 27.3 Å². The molecule has 1 aliphatic rings. The van der Waals surface area contributed by atoms with Crippen molar-refractivity contribution in [2.45, 2.75) is 43.0 Å². The van der Waals surface area contributed by atoms with Gasteiger partial charge in [0.1, 0.15) is 5.01 Å². The number of rotatable bonds is 4. The average Bonchev–Trinajstić information content (AvgIpc) is 3.08. The Kier molecular flexibility index (Phi) is 4.42. The first-order chi connectivity index (χ1) is 10.4. The van der Waals surface area contributed by atoms with Gasteiger partial charge >= 0.3 is 0 Å². The van der Waals surface area contributed by atoms with Gasteiger partial charge in [0.25, 0.3) is 0 Å². The van der Waals surface area contributed by atoms with E-state index in [-0.39, 0.29) is 4.90 Å². The molecule has 1 aromatic heterocycles. The first kappa shape index (κ1) is 16.1. The van der Waals surface area contributed by atoms with E-state index in [4.69, 9.17) is 0 Å². The van der Waals surface area contributed by atoms with Crippen molar-refractivity contribution >= 4 is 37.3 Å². The van der Waals surface area contributed by atoms with Crippen molar-refractivity contribution in [1.82, 2.24) is 9.71 Å². The zero-order valence-corrected chi connectivity index (χ0v) is 15.4. The summed E-state index contributed by atoms with van der Waals surface area (Å²) in [7, 11) is -3.58. The van der Waals surface area contributed by atoms with Crippen LogP contribution in [-0.4, -0.2) is 13.4 Å². The summed E-state index contributed by atoms with van der Waals surface area (Å²) in [5, 5.41) is 2.85. The third-order valence-electron chi connectivity index (χ3n) is 3.92. The molecule has 1 fully saturated rings. The first-order valence-corrected chi connectivity index (χ1v) is 10.3. The predicted octanol–water partition coefficient (Wildman–Crippen LogP) is 3.96. The summed E-state index contributed by atoms with van der Waals surface area (Å²) in [5.74, 6) is 0. The quantitative estimate of drug-likeness (QED) is 0.844. The van der Waals surface area contributed by atoms with Crippen LogP contribution in [0.3, 0.4) is 0 Å². The molecule has 4 nitrogen and oxygen atoms in total. The standard InChI is InChI=1S/C15H17BrN2O2S2/c1-11-10-21-14(17-11)15(7-2-3-8-15)18-22(19,20)13-6-4-5-12(16)9-13/h4-6,9-10,18H,2-3,7-8H2,1H3. The maximum Gasteiger partial charge on any atom is 0.241 e. The summed E-state index contributed by atoms with van der Waals surface area (Å²) in [4.78, 5) is 4.82. The van der Waals surface area contributed by atoms with Crippen LogP contribution in [0.2, 0.25) is 0 Å². The Morgan fingerprint density at radius 3 is 2.64 bits per heavy atom. The molecule has 0 amide bonds. The van der Waals surface area contributed by atoms with Gasteiger partial charge in [-0.25, -0.2) is 13.4 Å². The Balaban J connectivity index is 1.98. The molecular formula is C15H17BrN2O2S2. The molecule has 0 aliphatic heterocycles. The summed E-state index contributed by atoms with van der Waals surface area (Å²) in [6.07, 6.45) is 3.62. The van der Waals surface area contributed by atoms with Crippen LogP contribution in [0.25, 0.3) is 0 Å². The zero-order valence-electron chi connectivity index (χ0n) is 12.2. The van der Waals surface area contributed by atoms with Crippen molar-refractivity contribution in [3.8, 4) is 0 Å². The Hall–Kier alpha value is -0.760. The van der Waals surface area contributed by atoms with Gasteiger partial charge < -0.3 is 0 Å². The number of aryl methyl sites for hydroxylation is 1. The Labute approximate surface area is 143 Å². The zero-order chi connectivity index (χ0) is 15.8. The fourth-order valence-corrected chi connectivity index (χ4v) is 5.96. The normalized spacial score (nSPS) is 17.7. The SMILES string of the molecule is Cc1csc(C2(NS(=O)(=O)c3cccc(Br)c3)CCCC2)n1. The van der Waals surface area contributed by atoms with Crippen molar-refractivity contribution in [2.24, 2.45) is 0 Å². The highest BCUT2D eigenvalue weighted by Crippen LogP contribution is 2.41. The highest BCUT2D eigenvalue weighted by Gasteiger charge is 2.41. The van der Waals surface area contributed by atoms with E-state index in [1.165, 1.54) is 11.3 Å². The molecule has 0 atom stereocenters. The number of hydrogen-bond acceptors (Lipinski definition) is 4. The highest BCUT2D eigenvalue weighted by atomic mass is 79.9. The molecule has 0 saturated heterocycles. The Bertz CT molecular complexity index is 780. The number of aromatic nitrogens is 1. The van der Waals surface area contributed by atoms with Crippen LogP contribution in [0, 0.1) is 6.92 Å². The summed E-state index contributed by atoms with van der Waals surface area (Å²) < 4.78 is 29.2. The fourth-order valence-electron chi connectivity index (χ4n) is 2.86. The van der Waals surface area contributed by atoms with E-state index in [1.54, 1.807) is 18.2 Å². The molecule has 1 aliphatic carbocycles. The molecule has 7 heteroatoms. The van der Waals surface area contributed by atoms with Crippen LogP contribution in [0.5, 0.6) is 0 Å². The van der Waals surface area contributed by atoms with Crippen LogP contribution in [0.1, 0.15) is 36.4 Å². The second-order valence-electron chi connectivity index (χ2n) is 5.65. The molecule has 22 heavy (non-hydrogen) atoms. The third-order valence-corrected chi connectivity index (χ3v) is 7.11. The molecule has 1 aromatic carbocycles. The lowest BCUT2D eigenvalue weighted by Crippen LogP contribution is -2.43.